The largest absolute Gasteiger partial charge is 0.494 e. The first kappa shape index (κ1) is 26.0. The van der Waals surface area contributed by atoms with Gasteiger partial charge in [-0.15, -0.1) is 0 Å². The van der Waals surface area contributed by atoms with Gasteiger partial charge in [-0.2, -0.15) is 0 Å². The molecular formula is C26H37ClN2O3. The Kier molecular flexibility index (Phi) is 11.4. The minimum absolute atomic E-state index is 0.000946. The van der Waals surface area contributed by atoms with E-state index in [1.165, 1.54) is 0 Å². The molecule has 0 aliphatic rings. The summed E-state index contributed by atoms with van der Waals surface area (Å²) in [4.78, 5) is 17.5. The maximum atomic E-state index is 13.1. The number of carbonyl (C=O) groups is 1. The third-order valence-electron chi connectivity index (χ3n) is 5.61. The van der Waals surface area contributed by atoms with Gasteiger partial charge in [0.25, 0.3) is 5.91 Å². The van der Waals surface area contributed by atoms with Crippen LogP contribution < -0.4 is 9.47 Å². The van der Waals surface area contributed by atoms with Gasteiger partial charge >= 0.3 is 0 Å². The molecule has 1 amide bonds. The second-order valence-electron chi connectivity index (χ2n) is 7.86. The first-order valence-corrected chi connectivity index (χ1v) is 12.0. The van der Waals surface area contributed by atoms with Gasteiger partial charge in [0, 0.05) is 17.6 Å². The van der Waals surface area contributed by atoms with Gasteiger partial charge in [0.15, 0.2) is 6.61 Å². The van der Waals surface area contributed by atoms with Crippen molar-refractivity contribution in [2.75, 3.05) is 32.8 Å². The second-order valence-corrected chi connectivity index (χ2v) is 8.30. The SMILES string of the molecule is CCOc1ccc(CN(C(=O)COc2ccc(Cl)cc2)C(C)CCCN(CC)CC)cc1. The summed E-state index contributed by atoms with van der Waals surface area (Å²) in [7, 11) is 0. The first-order chi connectivity index (χ1) is 15.5. The van der Waals surface area contributed by atoms with Crippen LogP contribution in [0.15, 0.2) is 48.5 Å². The van der Waals surface area contributed by atoms with E-state index in [9.17, 15) is 4.79 Å². The van der Waals surface area contributed by atoms with Crippen LogP contribution in [0.4, 0.5) is 0 Å². The highest BCUT2D eigenvalue weighted by Gasteiger charge is 2.21. The quantitative estimate of drug-likeness (QED) is 0.365. The predicted molar refractivity (Wildman–Crippen MR) is 132 cm³/mol. The standard InChI is InChI=1S/C26H37ClN2O3/c1-5-28(6-2)18-8-9-21(4)29(19-22-10-14-24(15-11-22)31-7-3)26(30)20-32-25-16-12-23(27)13-17-25/h10-17,21H,5-9,18-20H2,1-4H3. The van der Waals surface area contributed by atoms with E-state index >= 15 is 0 Å². The molecule has 0 aromatic heterocycles. The maximum absolute atomic E-state index is 13.1. The Morgan fingerprint density at radius 2 is 1.53 bits per heavy atom. The molecule has 0 radical (unpaired) electrons. The molecule has 5 nitrogen and oxygen atoms in total. The molecule has 0 N–H and O–H groups in total. The molecule has 32 heavy (non-hydrogen) atoms. The molecule has 2 aromatic rings. The van der Waals surface area contributed by atoms with Gasteiger partial charge in [0.2, 0.25) is 0 Å². The summed E-state index contributed by atoms with van der Waals surface area (Å²) < 4.78 is 11.3. The lowest BCUT2D eigenvalue weighted by molar-refractivity contribution is -0.136. The number of rotatable bonds is 14. The van der Waals surface area contributed by atoms with Crippen LogP contribution in [0.25, 0.3) is 0 Å². The van der Waals surface area contributed by atoms with Gasteiger partial charge in [-0.25, -0.2) is 0 Å². The van der Waals surface area contributed by atoms with Gasteiger partial charge < -0.3 is 19.3 Å². The van der Waals surface area contributed by atoms with Crippen molar-refractivity contribution in [3.8, 4) is 11.5 Å². The van der Waals surface area contributed by atoms with Crippen LogP contribution >= 0.6 is 11.6 Å². The molecular weight excluding hydrogens is 424 g/mol. The van der Waals surface area contributed by atoms with E-state index in [4.69, 9.17) is 21.1 Å². The Labute approximate surface area is 198 Å². The summed E-state index contributed by atoms with van der Waals surface area (Å²) in [5.41, 5.74) is 1.07. The lowest BCUT2D eigenvalue weighted by Crippen LogP contribution is -2.41. The molecule has 0 aliphatic carbocycles. The highest BCUT2D eigenvalue weighted by Crippen LogP contribution is 2.19. The molecule has 2 aromatic carbocycles. The first-order valence-electron chi connectivity index (χ1n) is 11.6. The smallest absolute Gasteiger partial charge is 0.261 e. The Morgan fingerprint density at radius 1 is 0.938 bits per heavy atom. The molecule has 2 rings (SSSR count). The van der Waals surface area contributed by atoms with E-state index in [0.717, 1.165) is 43.8 Å². The fourth-order valence-corrected chi connectivity index (χ4v) is 3.74. The van der Waals surface area contributed by atoms with Crippen LogP contribution in [0.5, 0.6) is 11.5 Å². The Balaban J connectivity index is 2.04. The number of benzene rings is 2. The number of hydrogen-bond acceptors (Lipinski definition) is 4. The third kappa shape index (κ3) is 8.71. The summed E-state index contributed by atoms with van der Waals surface area (Å²) >= 11 is 5.94. The number of nitrogens with zero attached hydrogens (tertiary/aromatic N) is 2. The molecule has 0 saturated heterocycles. The zero-order valence-electron chi connectivity index (χ0n) is 19.9. The Hall–Kier alpha value is -2.24. The van der Waals surface area contributed by atoms with Crippen LogP contribution in [0.2, 0.25) is 5.02 Å². The van der Waals surface area contributed by atoms with E-state index in [-0.39, 0.29) is 18.6 Å². The number of ether oxygens (including phenoxy) is 2. The molecule has 6 heteroatoms. The van der Waals surface area contributed by atoms with Crippen LogP contribution in [-0.2, 0) is 11.3 Å². The minimum Gasteiger partial charge on any atom is -0.494 e. The third-order valence-corrected chi connectivity index (χ3v) is 5.86. The zero-order chi connectivity index (χ0) is 23.3. The molecule has 1 atom stereocenters. The maximum Gasteiger partial charge on any atom is 0.261 e. The van der Waals surface area contributed by atoms with Crippen LogP contribution in [0, 0.1) is 0 Å². The summed E-state index contributed by atoms with van der Waals surface area (Å²) in [5, 5.41) is 0.641. The number of carbonyl (C=O) groups excluding carboxylic acids is 1. The Morgan fingerprint density at radius 3 is 2.12 bits per heavy atom. The van der Waals surface area contributed by atoms with Crippen molar-refractivity contribution in [1.29, 1.82) is 0 Å². The lowest BCUT2D eigenvalue weighted by Gasteiger charge is -2.30. The van der Waals surface area contributed by atoms with Crippen molar-refractivity contribution in [3.63, 3.8) is 0 Å². The molecule has 1 unspecified atom stereocenters. The van der Waals surface area contributed by atoms with Crippen LogP contribution in [-0.4, -0.2) is 54.6 Å². The van der Waals surface area contributed by atoms with Gasteiger partial charge in [-0.1, -0.05) is 37.6 Å². The van der Waals surface area contributed by atoms with Crippen molar-refractivity contribution in [3.05, 3.63) is 59.1 Å². The second kappa shape index (κ2) is 14.0. The van der Waals surface area contributed by atoms with E-state index < -0.39 is 0 Å². The average Bonchev–Trinajstić information content (AvgIpc) is 2.81. The topological polar surface area (TPSA) is 42.0 Å². The van der Waals surface area contributed by atoms with E-state index in [0.29, 0.717) is 23.9 Å². The summed E-state index contributed by atoms with van der Waals surface area (Å²) in [6.45, 7) is 12.8. The zero-order valence-corrected chi connectivity index (χ0v) is 20.6. The molecule has 0 spiro atoms. The Bertz CT molecular complexity index is 792. The van der Waals surface area contributed by atoms with E-state index in [1.54, 1.807) is 24.3 Å². The van der Waals surface area contributed by atoms with Crippen LogP contribution in [0.1, 0.15) is 46.1 Å². The monoisotopic (exact) mass is 460 g/mol. The average molecular weight is 461 g/mol. The fraction of sp³-hybridized carbons (Fsp3) is 0.500. The fourth-order valence-electron chi connectivity index (χ4n) is 3.61. The van der Waals surface area contributed by atoms with Gasteiger partial charge in [-0.05, 0) is 88.3 Å². The molecule has 176 valence electrons. The minimum atomic E-state index is -0.0239. The summed E-state index contributed by atoms with van der Waals surface area (Å²) in [6, 6.07) is 15.1. The van der Waals surface area contributed by atoms with Crippen molar-refractivity contribution in [2.24, 2.45) is 0 Å². The van der Waals surface area contributed by atoms with Crippen molar-refractivity contribution in [2.45, 2.75) is 53.1 Å². The van der Waals surface area contributed by atoms with Crippen molar-refractivity contribution < 1.29 is 14.3 Å². The highest BCUT2D eigenvalue weighted by atomic mass is 35.5. The van der Waals surface area contributed by atoms with E-state index in [2.05, 4.69) is 25.7 Å². The predicted octanol–water partition coefficient (Wildman–Crippen LogP) is 5.66. The summed E-state index contributed by atoms with van der Waals surface area (Å²) in [5.74, 6) is 1.45. The summed E-state index contributed by atoms with van der Waals surface area (Å²) in [6.07, 6.45) is 1.99. The number of hydrogen-bond donors (Lipinski definition) is 0. The highest BCUT2D eigenvalue weighted by molar-refractivity contribution is 6.30. The normalized spacial score (nSPS) is 11.9. The van der Waals surface area contributed by atoms with Crippen molar-refractivity contribution in [1.82, 2.24) is 9.80 Å². The van der Waals surface area contributed by atoms with Gasteiger partial charge in [-0.3, -0.25) is 4.79 Å². The van der Waals surface area contributed by atoms with Gasteiger partial charge in [0.05, 0.1) is 6.61 Å². The number of halogens is 1. The van der Waals surface area contributed by atoms with Crippen LogP contribution in [0.3, 0.4) is 0 Å². The van der Waals surface area contributed by atoms with Crippen molar-refractivity contribution >= 4 is 17.5 Å². The lowest BCUT2D eigenvalue weighted by atomic mass is 10.1. The number of amides is 1. The van der Waals surface area contributed by atoms with Gasteiger partial charge in [0.1, 0.15) is 11.5 Å². The molecule has 0 bridgehead atoms. The molecule has 0 aliphatic heterocycles. The molecule has 0 heterocycles. The molecule has 0 fully saturated rings. The molecule has 0 saturated carbocycles. The van der Waals surface area contributed by atoms with E-state index in [1.807, 2.05) is 36.1 Å².